The Hall–Kier alpha value is -2.39. The van der Waals surface area contributed by atoms with Crippen molar-refractivity contribution in [1.29, 1.82) is 0 Å². The molecule has 1 aliphatic heterocycles. The highest BCUT2D eigenvalue weighted by Gasteiger charge is 2.33. The highest BCUT2D eigenvalue weighted by atomic mass is 32.2. The smallest absolute Gasteiger partial charge is 0.335 e. The first-order valence-electron chi connectivity index (χ1n) is 8.70. The molecule has 2 aromatic rings. The lowest BCUT2D eigenvalue weighted by atomic mass is 10.0. The maximum Gasteiger partial charge on any atom is 0.416 e. The van der Waals surface area contributed by atoms with Crippen LogP contribution >= 0.6 is 0 Å². The highest BCUT2D eigenvalue weighted by molar-refractivity contribution is 7.89. The summed E-state index contributed by atoms with van der Waals surface area (Å²) in [7, 11) is -4.25. The van der Waals surface area contributed by atoms with Gasteiger partial charge in [-0.3, -0.25) is 4.79 Å². The number of likely N-dealkylation sites (tertiary alicyclic amines) is 1. The summed E-state index contributed by atoms with van der Waals surface area (Å²) in [5.41, 5.74) is -0.0977. The highest BCUT2D eigenvalue weighted by Crippen LogP contribution is 2.32. The zero-order chi connectivity index (χ0) is 20.4. The molecule has 1 fully saturated rings. The minimum atomic E-state index is -4.65. The Morgan fingerprint density at radius 2 is 1.82 bits per heavy atom. The first-order chi connectivity index (χ1) is 13.2. The Bertz CT molecular complexity index is 946. The molecular weight excluding hydrogens is 393 g/mol. The van der Waals surface area contributed by atoms with Crippen molar-refractivity contribution in [2.75, 3.05) is 13.1 Å². The van der Waals surface area contributed by atoms with Gasteiger partial charge in [0.15, 0.2) is 0 Å². The van der Waals surface area contributed by atoms with E-state index in [2.05, 4.69) is 4.72 Å². The molecule has 0 radical (unpaired) electrons. The predicted octanol–water partition coefficient (Wildman–Crippen LogP) is 3.35. The summed E-state index contributed by atoms with van der Waals surface area (Å²) >= 11 is 0. The third kappa shape index (κ3) is 4.53. The Balaban J connectivity index is 1.70. The third-order valence-electron chi connectivity index (χ3n) is 4.64. The van der Waals surface area contributed by atoms with E-state index in [0.717, 1.165) is 36.6 Å². The first kappa shape index (κ1) is 20.3. The second kappa shape index (κ2) is 7.92. The SMILES string of the molecule is O=C(CNS(=O)(=O)c1cccc(C(F)(F)F)c1)N1CCCC1c1ccccc1. The molecule has 1 atom stereocenters. The van der Waals surface area contributed by atoms with Crippen LogP contribution < -0.4 is 4.72 Å². The molecule has 0 aromatic heterocycles. The van der Waals surface area contributed by atoms with Gasteiger partial charge in [0.25, 0.3) is 0 Å². The monoisotopic (exact) mass is 412 g/mol. The molecule has 1 N–H and O–H groups in total. The number of halogens is 3. The molecule has 2 aromatic carbocycles. The molecule has 0 aliphatic carbocycles. The largest absolute Gasteiger partial charge is 0.416 e. The standard InChI is InChI=1S/C19H19F3N2O3S/c20-19(21,22)15-8-4-9-16(12-15)28(26,27)23-13-18(25)24-11-5-10-17(24)14-6-2-1-3-7-14/h1-4,6-9,12,17,23H,5,10-11,13H2. The van der Waals surface area contributed by atoms with Gasteiger partial charge in [-0.05, 0) is 36.6 Å². The fourth-order valence-corrected chi connectivity index (χ4v) is 4.29. The van der Waals surface area contributed by atoms with Crippen LogP contribution in [0, 0.1) is 0 Å². The van der Waals surface area contributed by atoms with Crippen LogP contribution in [0.3, 0.4) is 0 Å². The number of alkyl halides is 3. The van der Waals surface area contributed by atoms with Crippen LogP contribution in [0.15, 0.2) is 59.5 Å². The van der Waals surface area contributed by atoms with Gasteiger partial charge in [0.1, 0.15) is 0 Å². The molecule has 28 heavy (non-hydrogen) atoms. The molecule has 1 amide bonds. The molecule has 1 unspecified atom stereocenters. The van der Waals surface area contributed by atoms with Crippen LogP contribution in [-0.4, -0.2) is 32.3 Å². The molecule has 0 bridgehead atoms. The van der Waals surface area contributed by atoms with Gasteiger partial charge in [0.05, 0.1) is 23.0 Å². The Morgan fingerprint density at radius 1 is 1.11 bits per heavy atom. The summed E-state index contributed by atoms with van der Waals surface area (Å²) in [5.74, 6) is -0.415. The number of rotatable bonds is 5. The van der Waals surface area contributed by atoms with Crippen LogP contribution in [0.1, 0.15) is 30.0 Å². The molecule has 5 nitrogen and oxygen atoms in total. The van der Waals surface area contributed by atoms with Crippen molar-refractivity contribution in [3.05, 3.63) is 65.7 Å². The first-order valence-corrected chi connectivity index (χ1v) is 10.2. The lowest BCUT2D eigenvalue weighted by molar-refractivity contribution is -0.137. The Morgan fingerprint density at radius 3 is 2.50 bits per heavy atom. The normalized spacial score (nSPS) is 17.7. The molecule has 0 spiro atoms. The molecule has 9 heteroatoms. The summed E-state index contributed by atoms with van der Waals surface area (Å²) < 4.78 is 65.2. The number of nitrogens with one attached hydrogen (secondary N) is 1. The van der Waals surface area contributed by atoms with Crippen LogP contribution in [0.5, 0.6) is 0 Å². The van der Waals surface area contributed by atoms with E-state index in [1.807, 2.05) is 30.3 Å². The fraction of sp³-hybridized carbons (Fsp3) is 0.316. The number of benzene rings is 2. The minimum Gasteiger partial charge on any atom is -0.335 e. The van der Waals surface area contributed by atoms with Gasteiger partial charge >= 0.3 is 6.18 Å². The molecule has 1 aliphatic rings. The Labute approximate surface area is 161 Å². The van der Waals surface area contributed by atoms with Gasteiger partial charge in [-0.25, -0.2) is 13.1 Å². The zero-order valence-electron chi connectivity index (χ0n) is 14.8. The Kier molecular flexibility index (Phi) is 5.76. The number of hydrogen-bond acceptors (Lipinski definition) is 3. The number of hydrogen-bond donors (Lipinski definition) is 1. The third-order valence-corrected chi connectivity index (χ3v) is 6.04. The van der Waals surface area contributed by atoms with Gasteiger partial charge in [-0.2, -0.15) is 13.2 Å². The van der Waals surface area contributed by atoms with E-state index < -0.39 is 39.1 Å². The van der Waals surface area contributed by atoms with Gasteiger partial charge in [-0.15, -0.1) is 0 Å². The quantitative estimate of drug-likeness (QED) is 0.819. The maximum atomic E-state index is 12.8. The average Bonchev–Trinajstić information content (AvgIpc) is 3.16. The van der Waals surface area contributed by atoms with E-state index in [1.54, 1.807) is 4.90 Å². The lowest BCUT2D eigenvalue weighted by Gasteiger charge is -2.25. The van der Waals surface area contributed by atoms with Crippen LogP contribution in [0.2, 0.25) is 0 Å². The van der Waals surface area contributed by atoms with E-state index in [1.165, 1.54) is 0 Å². The van der Waals surface area contributed by atoms with Crippen LogP contribution in [-0.2, 0) is 21.0 Å². The summed E-state index contributed by atoms with van der Waals surface area (Å²) in [6.07, 6.45) is -3.08. The lowest BCUT2D eigenvalue weighted by Crippen LogP contribution is -2.39. The van der Waals surface area contributed by atoms with Crippen molar-refractivity contribution >= 4 is 15.9 Å². The molecular formula is C19H19F3N2O3S. The average molecular weight is 412 g/mol. The van der Waals surface area contributed by atoms with Crippen molar-refractivity contribution in [3.63, 3.8) is 0 Å². The van der Waals surface area contributed by atoms with Gasteiger partial charge < -0.3 is 4.90 Å². The van der Waals surface area contributed by atoms with Gasteiger partial charge in [-0.1, -0.05) is 36.4 Å². The number of nitrogens with zero attached hydrogens (tertiary/aromatic N) is 1. The van der Waals surface area contributed by atoms with E-state index in [0.29, 0.717) is 12.6 Å². The summed E-state index contributed by atoms with van der Waals surface area (Å²) in [6, 6.07) is 12.7. The molecule has 150 valence electrons. The number of carbonyl (C=O) groups is 1. The number of amides is 1. The van der Waals surface area contributed by atoms with Gasteiger partial charge in [0.2, 0.25) is 15.9 Å². The topological polar surface area (TPSA) is 66.5 Å². The van der Waals surface area contributed by atoms with Crippen molar-refractivity contribution in [1.82, 2.24) is 9.62 Å². The van der Waals surface area contributed by atoms with Crippen molar-refractivity contribution in [3.8, 4) is 0 Å². The van der Waals surface area contributed by atoms with Crippen molar-refractivity contribution in [2.45, 2.75) is 30.0 Å². The molecule has 0 saturated carbocycles. The van der Waals surface area contributed by atoms with Crippen molar-refractivity contribution < 1.29 is 26.4 Å². The maximum absolute atomic E-state index is 12.8. The summed E-state index contributed by atoms with van der Waals surface area (Å²) in [4.78, 5) is 13.6. The minimum absolute atomic E-state index is 0.133. The van der Waals surface area contributed by atoms with Crippen molar-refractivity contribution in [2.24, 2.45) is 0 Å². The van der Waals surface area contributed by atoms with Gasteiger partial charge in [0, 0.05) is 6.54 Å². The van der Waals surface area contributed by atoms with E-state index in [-0.39, 0.29) is 6.04 Å². The second-order valence-corrected chi connectivity index (χ2v) is 8.27. The summed E-state index contributed by atoms with van der Waals surface area (Å²) in [6.45, 7) is -0.00834. The predicted molar refractivity (Wildman–Crippen MR) is 96.8 cm³/mol. The molecule has 1 heterocycles. The van der Waals surface area contributed by atoms with Crippen LogP contribution in [0.4, 0.5) is 13.2 Å². The summed E-state index contributed by atoms with van der Waals surface area (Å²) in [5, 5.41) is 0. The second-order valence-electron chi connectivity index (χ2n) is 6.51. The number of carbonyl (C=O) groups excluding carboxylic acids is 1. The van der Waals surface area contributed by atoms with E-state index in [4.69, 9.17) is 0 Å². The number of sulfonamides is 1. The van der Waals surface area contributed by atoms with E-state index >= 15 is 0 Å². The molecule has 3 rings (SSSR count). The van der Waals surface area contributed by atoms with Crippen LogP contribution in [0.25, 0.3) is 0 Å². The fourth-order valence-electron chi connectivity index (χ4n) is 3.27. The molecule has 1 saturated heterocycles. The zero-order valence-corrected chi connectivity index (χ0v) is 15.6. The van der Waals surface area contributed by atoms with E-state index in [9.17, 15) is 26.4 Å².